The molecule has 0 aromatic heterocycles. The molecule has 0 fully saturated rings. The summed E-state index contributed by atoms with van der Waals surface area (Å²) in [6, 6.07) is 19.4. The Morgan fingerprint density at radius 3 is 2.16 bits per heavy atom. The van der Waals surface area contributed by atoms with Crippen molar-refractivity contribution in [2.75, 3.05) is 27.7 Å². The van der Waals surface area contributed by atoms with Gasteiger partial charge >= 0.3 is 0 Å². The van der Waals surface area contributed by atoms with Gasteiger partial charge in [0.15, 0.2) is 0 Å². The monoisotopic (exact) mass is 555 g/mol. The van der Waals surface area contributed by atoms with Crippen molar-refractivity contribution in [2.45, 2.75) is 46.0 Å². The van der Waals surface area contributed by atoms with Crippen molar-refractivity contribution in [3.05, 3.63) is 88.4 Å². The van der Waals surface area contributed by atoms with Crippen LogP contribution in [0.2, 0.25) is 5.02 Å². The highest BCUT2D eigenvalue weighted by Crippen LogP contribution is 2.27. The van der Waals surface area contributed by atoms with Crippen LogP contribution in [-0.2, 0) is 20.2 Å². The van der Waals surface area contributed by atoms with Gasteiger partial charge in [0.2, 0.25) is 15.9 Å². The van der Waals surface area contributed by atoms with Crippen molar-refractivity contribution in [3.63, 3.8) is 0 Å². The van der Waals surface area contributed by atoms with Crippen molar-refractivity contribution in [3.8, 4) is 0 Å². The molecular weight excluding hydrogens is 522 g/mol. The zero-order chi connectivity index (χ0) is 28.1. The number of aryl methyl sites for hydroxylation is 1. The minimum Gasteiger partial charge on any atom is -0.326 e. The molecule has 0 saturated heterocycles. The van der Waals surface area contributed by atoms with Gasteiger partial charge in [0.25, 0.3) is 5.91 Å². The Hall–Kier alpha value is -3.36. The van der Waals surface area contributed by atoms with Crippen LogP contribution in [0.25, 0.3) is 0 Å². The van der Waals surface area contributed by atoms with Crippen LogP contribution < -0.4 is 14.9 Å². The lowest BCUT2D eigenvalue weighted by atomic mass is 9.87. The van der Waals surface area contributed by atoms with Gasteiger partial charge in [-0.15, -0.1) is 0 Å². The number of anilines is 3. The molecule has 0 heterocycles. The predicted octanol–water partition coefficient (Wildman–Crippen LogP) is 6.38. The van der Waals surface area contributed by atoms with Gasteiger partial charge in [-0.1, -0.05) is 56.6 Å². The second kappa shape index (κ2) is 12.0. The number of sulfonamides is 1. The summed E-state index contributed by atoms with van der Waals surface area (Å²) in [7, 11) is -3.56. The summed E-state index contributed by atoms with van der Waals surface area (Å²) in [5.41, 5.74) is 4.02. The molecule has 0 unspecified atom stereocenters. The van der Waals surface area contributed by atoms with Gasteiger partial charge in [-0.25, -0.2) is 8.42 Å². The van der Waals surface area contributed by atoms with E-state index in [1.54, 1.807) is 54.6 Å². The summed E-state index contributed by atoms with van der Waals surface area (Å²) in [4.78, 5) is 25.3. The highest BCUT2D eigenvalue weighted by atomic mass is 35.5. The summed E-state index contributed by atoms with van der Waals surface area (Å²) in [5.74, 6) is -0.506. The normalized spacial score (nSPS) is 11.6. The lowest BCUT2D eigenvalue weighted by molar-refractivity contribution is -0.116. The molecule has 0 atom stereocenters. The minimum atomic E-state index is -3.56. The van der Waals surface area contributed by atoms with Gasteiger partial charge in [0.1, 0.15) is 0 Å². The first kappa shape index (κ1) is 29.2. The van der Waals surface area contributed by atoms with Crippen molar-refractivity contribution >= 4 is 50.5 Å². The zero-order valence-electron chi connectivity index (χ0n) is 22.3. The molecule has 3 rings (SSSR count). The predicted molar refractivity (Wildman–Crippen MR) is 156 cm³/mol. The number of nitrogens with zero attached hydrogens (tertiary/aromatic N) is 1. The molecular formula is C29H34ClN3O4S. The largest absolute Gasteiger partial charge is 0.326 e. The van der Waals surface area contributed by atoms with E-state index in [0.717, 1.165) is 17.4 Å². The van der Waals surface area contributed by atoms with E-state index in [-0.39, 0.29) is 30.2 Å². The van der Waals surface area contributed by atoms with Gasteiger partial charge in [-0.2, -0.15) is 0 Å². The number of amides is 2. The maximum Gasteiger partial charge on any atom is 0.255 e. The van der Waals surface area contributed by atoms with Gasteiger partial charge < -0.3 is 10.6 Å². The van der Waals surface area contributed by atoms with E-state index in [0.29, 0.717) is 34.1 Å². The van der Waals surface area contributed by atoms with E-state index in [1.165, 1.54) is 4.31 Å². The van der Waals surface area contributed by atoms with Crippen LogP contribution in [0.5, 0.6) is 0 Å². The Labute approximate surface area is 230 Å². The SMILES string of the molecule is Cc1ccc(Cl)cc1N(CCCC(=O)Nc1cccc(NC(=O)c2ccc(C(C)(C)C)cc2)c1)S(C)(=O)=O. The quantitative estimate of drug-likeness (QED) is 0.320. The maximum absolute atomic E-state index is 12.7. The average Bonchev–Trinajstić information content (AvgIpc) is 2.82. The Morgan fingerprint density at radius 1 is 0.921 bits per heavy atom. The third-order valence-electron chi connectivity index (χ3n) is 6.02. The van der Waals surface area contributed by atoms with Gasteiger partial charge in [-0.05, 0) is 72.4 Å². The molecule has 0 saturated carbocycles. The molecule has 0 radical (unpaired) electrons. The first-order chi connectivity index (χ1) is 17.7. The molecule has 9 heteroatoms. The Morgan fingerprint density at radius 2 is 1.55 bits per heavy atom. The standard InChI is InChI=1S/C29H34ClN3O4S/c1-20-11-16-23(30)18-26(20)33(38(5,36)37)17-7-10-27(34)31-24-8-6-9-25(19-24)32-28(35)21-12-14-22(15-13-21)29(2,3)4/h6,8-9,11-16,18-19H,7,10,17H2,1-5H3,(H,31,34)(H,32,35). The van der Waals surface area contributed by atoms with Crippen molar-refractivity contribution in [1.82, 2.24) is 0 Å². The number of carbonyl (C=O) groups is 2. The van der Waals surface area contributed by atoms with E-state index in [9.17, 15) is 18.0 Å². The van der Waals surface area contributed by atoms with Crippen LogP contribution in [0, 0.1) is 6.92 Å². The molecule has 38 heavy (non-hydrogen) atoms. The van der Waals surface area contributed by atoms with Crippen LogP contribution in [0.15, 0.2) is 66.7 Å². The Balaban J connectivity index is 1.59. The fraction of sp³-hybridized carbons (Fsp3) is 0.310. The summed E-state index contributed by atoms with van der Waals surface area (Å²) < 4.78 is 26.1. The minimum absolute atomic E-state index is 0.00115. The average molecular weight is 556 g/mol. The van der Waals surface area contributed by atoms with Crippen LogP contribution in [0.1, 0.15) is 55.1 Å². The third kappa shape index (κ3) is 8.07. The molecule has 0 aliphatic rings. The van der Waals surface area contributed by atoms with E-state index in [4.69, 9.17) is 11.6 Å². The smallest absolute Gasteiger partial charge is 0.255 e. The molecule has 2 amide bonds. The molecule has 202 valence electrons. The Bertz CT molecular complexity index is 1410. The van der Waals surface area contributed by atoms with E-state index < -0.39 is 10.0 Å². The number of nitrogens with one attached hydrogen (secondary N) is 2. The first-order valence-corrected chi connectivity index (χ1v) is 14.5. The van der Waals surface area contributed by atoms with Crippen LogP contribution in [-0.4, -0.2) is 33.0 Å². The van der Waals surface area contributed by atoms with E-state index in [2.05, 4.69) is 31.4 Å². The van der Waals surface area contributed by atoms with Crippen molar-refractivity contribution < 1.29 is 18.0 Å². The summed E-state index contributed by atoms with van der Waals surface area (Å²) in [6.07, 6.45) is 1.56. The summed E-state index contributed by atoms with van der Waals surface area (Å²) in [5, 5.41) is 6.11. The summed E-state index contributed by atoms with van der Waals surface area (Å²) >= 11 is 6.08. The first-order valence-electron chi connectivity index (χ1n) is 12.3. The summed E-state index contributed by atoms with van der Waals surface area (Å²) in [6.45, 7) is 8.29. The molecule has 7 nitrogen and oxygen atoms in total. The second-order valence-electron chi connectivity index (χ2n) is 10.3. The highest BCUT2D eigenvalue weighted by molar-refractivity contribution is 7.92. The molecule has 0 aliphatic carbocycles. The zero-order valence-corrected chi connectivity index (χ0v) is 23.9. The molecule has 3 aromatic rings. The molecule has 0 aliphatic heterocycles. The maximum atomic E-state index is 12.7. The second-order valence-corrected chi connectivity index (χ2v) is 12.6. The number of carbonyl (C=O) groups excluding carboxylic acids is 2. The topological polar surface area (TPSA) is 95.6 Å². The van der Waals surface area contributed by atoms with Gasteiger partial charge in [0, 0.05) is 34.9 Å². The third-order valence-corrected chi connectivity index (χ3v) is 7.44. The number of rotatable bonds is 9. The molecule has 0 spiro atoms. The number of benzene rings is 3. The van der Waals surface area contributed by atoms with Crippen molar-refractivity contribution in [1.29, 1.82) is 0 Å². The van der Waals surface area contributed by atoms with Gasteiger partial charge in [-0.3, -0.25) is 13.9 Å². The van der Waals surface area contributed by atoms with Crippen molar-refractivity contribution in [2.24, 2.45) is 0 Å². The van der Waals surface area contributed by atoms with Crippen LogP contribution >= 0.6 is 11.6 Å². The molecule has 0 bridgehead atoms. The van der Waals surface area contributed by atoms with E-state index in [1.807, 2.05) is 19.1 Å². The lowest BCUT2D eigenvalue weighted by Crippen LogP contribution is -2.32. The number of hydrogen-bond acceptors (Lipinski definition) is 4. The van der Waals surface area contributed by atoms with Crippen LogP contribution in [0.3, 0.4) is 0 Å². The van der Waals surface area contributed by atoms with Gasteiger partial charge in [0.05, 0.1) is 11.9 Å². The highest BCUT2D eigenvalue weighted by Gasteiger charge is 2.20. The van der Waals surface area contributed by atoms with Crippen LogP contribution in [0.4, 0.5) is 17.1 Å². The molecule has 2 N–H and O–H groups in total. The fourth-order valence-electron chi connectivity index (χ4n) is 3.92. The Kier molecular flexibility index (Phi) is 9.22. The molecule has 3 aromatic carbocycles. The fourth-order valence-corrected chi connectivity index (χ4v) is 5.10. The number of hydrogen-bond donors (Lipinski definition) is 2. The number of halogens is 1. The lowest BCUT2D eigenvalue weighted by Gasteiger charge is -2.24. The van der Waals surface area contributed by atoms with E-state index >= 15 is 0 Å².